The molecule has 8 heteroatoms. The lowest BCUT2D eigenvalue weighted by Crippen LogP contribution is -2.49. The van der Waals surface area contributed by atoms with Crippen LogP contribution in [-0.2, 0) is 29.5 Å². The number of rotatable bonds is 3. The van der Waals surface area contributed by atoms with Crippen LogP contribution in [0.3, 0.4) is 0 Å². The van der Waals surface area contributed by atoms with Crippen molar-refractivity contribution < 1.29 is 8.42 Å². The fourth-order valence-electron chi connectivity index (χ4n) is 3.09. The van der Waals surface area contributed by atoms with Gasteiger partial charge in [-0.3, -0.25) is 9.69 Å². The standard InChI is InChI=1S/C14H22N4O3S/c1-22(20,21)17-8-6-16(7-9-17)11-18-14(19)10-12-4-2-3-5-13(12)15-18/h10H,2-9,11H2,1H3. The van der Waals surface area contributed by atoms with Crippen LogP contribution in [0.15, 0.2) is 10.9 Å². The number of hydrogen-bond donors (Lipinski definition) is 0. The Bertz CT molecular complexity index is 705. The van der Waals surface area contributed by atoms with Crippen molar-refractivity contribution in [1.82, 2.24) is 19.0 Å². The van der Waals surface area contributed by atoms with Gasteiger partial charge in [0.2, 0.25) is 10.0 Å². The summed E-state index contributed by atoms with van der Waals surface area (Å²) in [4.78, 5) is 14.2. The summed E-state index contributed by atoms with van der Waals surface area (Å²) in [5, 5.41) is 4.51. The molecule has 1 saturated heterocycles. The molecule has 0 bridgehead atoms. The number of fused-ring (bicyclic) bond motifs is 1. The Balaban J connectivity index is 1.68. The van der Waals surface area contributed by atoms with E-state index in [9.17, 15) is 13.2 Å². The largest absolute Gasteiger partial charge is 0.282 e. The van der Waals surface area contributed by atoms with E-state index in [0.717, 1.165) is 36.9 Å². The molecule has 1 aliphatic carbocycles. The van der Waals surface area contributed by atoms with E-state index in [0.29, 0.717) is 32.8 Å². The summed E-state index contributed by atoms with van der Waals surface area (Å²) < 4.78 is 26.0. The second-order valence-electron chi connectivity index (χ2n) is 6.08. The molecule has 122 valence electrons. The molecular weight excluding hydrogens is 304 g/mol. The highest BCUT2D eigenvalue weighted by Crippen LogP contribution is 2.17. The van der Waals surface area contributed by atoms with Crippen LogP contribution in [0, 0.1) is 0 Å². The number of hydrogen-bond acceptors (Lipinski definition) is 5. The highest BCUT2D eigenvalue weighted by molar-refractivity contribution is 7.88. The van der Waals surface area contributed by atoms with Gasteiger partial charge in [0.05, 0.1) is 18.6 Å². The summed E-state index contributed by atoms with van der Waals surface area (Å²) in [6.07, 6.45) is 5.39. The van der Waals surface area contributed by atoms with E-state index in [1.54, 1.807) is 6.07 Å². The molecule has 3 rings (SSSR count). The van der Waals surface area contributed by atoms with Crippen LogP contribution >= 0.6 is 0 Å². The van der Waals surface area contributed by atoms with Crippen molar-refractivity contribution >= 4 is 10.0 Å². The van der Waals surface area contributed by atoms with Crippen LogP contribution in [0.5, 0.6) is 0 Å². The molecule has 1 fully saturated rings. The van der Waals surface area contributed by atoms with Crippen molar-refractivity contribution in [2.24, 2.45) is 0 Å². The minimum absolute atomic E-state index is 0.0637. The molecule has 0 N–H and O–H groups in total. The monoisotopic (exact) mass is 326 g/mol. The second kappa shape index (κ2) is 6.10. The molecule has 2 heterocycles. The first-order valence-electron chi connectivity index (χ1n) is 7.71. The van der Waals surface area contributed by atoms with Crippen LogP contribution in [0.4, 0.5) is 0 Å². The van der Waals surface area contributed by atoms with Gasteiger partial charge in [-0.25, -0.2) is 13.1 Å². The summed E-state index contributed by atoms with van der Waals surface area (Å²) in [5.41, 5.74) is 2.07. The Labute approximate surface area is 130 Å². The Hall–Kier alpha value is -1.25. The Morgan fingerprint density at radius 3 is 2.50 bits per heavy atom. The van der Waals surface area contributed by atoms with Gasteiger partial charge in [0.15, 0.2) is 0 Å². The molecule has 7 nitrogen and oxygen atoms in total. The predicted molar refractivity (Wildman–Crippen MR) is 83.1 cm³/mol. The molecule has 0 saturated carbocycles. The zero-order chi connectivity index (χ0) is 15.7. The first-order chi connectivity index (χ1) is 10.4. The lowest BCUT2D eigenvalue weighted by atomic mass is 9.97. The number of aromatic nitrogens is 2. The van der Waals surface area contributed by atoms with Gasteiger partial charge in [0, 0.05) is 32.2 Å². The molecule has 1 aliphatic heterocycles. The molecule has 2 aliphatic rings. The first-order valence-corrected chi connectivity index (χ1v) is 9.56. The van der Waals surface area contributed by atoms with Crippen molar-refractivity contribution in [3.05, 3.63) is 27.7 Å². The Morgan fingerprint density at radius 2 is 1.82 bits per heavy atom. The highest BCUT2D eigenvalue weighted by atomic mass is 32.2. The fraction of sp³-hybridized carbons (Fsp3) is 0.714. The number of sulfonamides is 1. The summed E-state index contributed by atoms with van der Waals surface area (Å²) in [6, 6.07) is 1.72. The summed E-state index contributed by atoms with van der Waals surface area (Å²) in [7, 11) is -3.12. The van der Waals surface area contributed by atoms with E-state index in [1.807, 2.05) is 0 Å². The molecule has 0 radical (unpaired) electrons. The average molecular weight is 326 g/mol. The van der Waals surface area contributed by atoms with Gasteiger partial charge in [-0.2, -0.15) is 9.40 Å². The third kappa shape index (κ3) is 3.39. The molecule has 0 spiro atoms. The van der Waals surface area contributed by atoms with Gasteiger partial charge in [0.25, 0.3) is 5.56 Å². The zero-order valence-electron chi connectivity index (χ0n) is 12.9. The van der Waals surface area contributed by atoms with Gasteiger partial charge >= 0.3 is 0 Å². The lowest BCUT2D eigenvalue weighted by Gasteiger charge is -2.33. The summed E-state index contributed by atoms with van der Waals surface area (Å²) >= 11 is 0. The SMILES string of the molecule is CS(=O)(=O)N1CCN(Cn2nc3c(cc2=O)CCCC3)CC1. The first kappa shape index (κ1) is 15.6. The van der Waals surface area contributed by atoms with Crippen molar-refractivity contribution in [2.75, 3.05) is 32.4 Å². The van der Waals surface area contributed by atoms with Crippen molar-refractivity contribution in [3.8, 4) is 0 Å². The maximum Gasteiger partial charge on any atom is 0.268 e. The molecular formula is C14H22N4O3S. The molecule has 0 atom stereocenters. The molecule has 1 aromatic rings. The molecule has 22 heavy (non-hydrogen) atoms. The van der Waals surface area contributed by atoms with Crippen LogP contribution < -0.4 is 5.56 Å². The van der Waals surface area contributed by atoms with E-state index in [1.165, 1.54) is 15.2 Å². The molecule has 0 unspecified atom stereocenters. The number of aryl methyl sites for hydroxylation is 2. The Kier molecular flexibility index (Phi) is 4.33. The normalized spacial score (nSPS) is 20.8. The van der Waals surface area contributed by atoms with Gasteiger partial charge in [-0.15, -0.1) is 0 Å². The lowest BCUT2D eigenvalue weighted by molar-refractivity contribution is 0.142. The molecule has 0 amide bonds. The Morgan fingerprint density at radius 1 is 1.14 bits per heavy atom. The van der Waals surface area contributed by atoms with Crippen LogP contribution in [-0.4, -0.2) is 59.8 Å². The van der Waals surface area contributed by atoms with Gasteiger partial charge < -0.3 is 0 Å². The van der Waals surface area contributed by atoms with Gasteiger partial charge in [0.1, 0.15) is 0 Å². The van der Waals surface area contributed by atoms with Gasteiger partial charge in [-0.05, 0) is 31.2 Å². The minimum Gasteiger partial charge on any atom is -0.282 e. The van der Waals surface area contributed by atoms with E-state index < -0.39 is 10.0 Å². The van der Waals surface area contributed by atoms with Crippen molar-refractivity contribution in [1.29, 1.82) is 0 Å². The number of piperazine rings is 1. The highest BCUT2D eigenvalue weighted by Gasteiger charge is 2.24. The quantitative estimate of drug-likeness (QED) is 0.759. The van der Waals surface area contributed by atoms with Crippen LogP contribution in [0.25, 0.3) is 0 Å². The average Bonchev–Trinajstić information content (AvgIpc) is 2.48. The van der Waals surface area contributed by atoms with E-state index in [4.69, 9.17) is 0 Å². The third-order valence-corrected chi connectivity index (χ3v) is 5.71. The van der Waals surface area contributed by atoms with Crippen LogP contribution in [0.2, 0.25) is 0 Å². The smallest absolute Gasteiger partial charge is 0.268 e. The predicted octanol–water partition coefficient (Wildman–Crippen LogP) is -0.343. The molecule has 1 aromatic heterocycles. The number of nitrogens with zero attached hydrogens (tertiary/aromatic N) is 4. The van der Waals surface area contributed by atoms with Crippen molar-refractivity contribution in [2.45, 2.75) is 32.4 Å². The minimum atomic E-state index is -3.12. The van der Waals surface area contributed by atoms with Crippen LogP contribution in [0.1, 0.15) is 24.1 Å². The second-order valence-corrected chi connectivity index (χ2v) is 8.07. The van der Waals surface area contributed by atoms with E-state index >= 15 is 0 Å². The van der Waals surface area contributed by atoms with Gasteiger partial charge in [-0.1, -0.05) is 0 Å². The zero-order valence-corrected chi connectivity index (χ0v) is 13.7. The fourth-order valence-corrected chi connectivity index (χ4v) is 3.92. The van der Waals surface area contributed by atoms with E-state index in [2.05, 4.69) is 10.00 Å². The summed E-state index contributed by atoms with van der Waals surface area (Å²) in [6.45, 7) is 2.62. The van der Waals surface area contributed by atoms with Crippen molar-refractivity contribution in [3.63, 3.8) is 0 Å². The maximum atomic E-state index is 12.2. The molecule has 0 aromatic carbocycles. The maximum absolute atomic E-state index is 12.2. The van der Waals surface area contributed by atoms with E-state index in [-0.39, 0.29) is 5.56 Å². The summed E-state index contributed by atoms with van der Waals surface area (Å²) in [5.74, 6) is 0. The third-order valence-electron chi connectivity index (χ3n) is 4.41. The topological polar surface area (TPSA) is 75.5 Å².